The number of likely N-dealkylation sites (tertiary alicyclic amines) is 1. The highest BCUT2D eigenvalue weighted by Gasteiger charge is 2.39. The zero-order chi connectivity index (χ0) is 20.9. The molecule has 1 saturated heterocycles. The Morgan fingerprint density at radius 1 is 1.28 bits per heavy atom. The molecule has 0 N–H and O–H groups in total. The van der Waals surface area contributed by atoms with Crippen LogP contribution in [0.5, 0.6) is 0 Å². The maximum Gasteiger partial charge on any atom is 0.309 e. The van der Waals surface area contributed by atoms with Gasteiger partial charge in [-0.1, -0.05) is 25.3 Å². The molecule has 3 rings (SSSR count). The summed E-state index contributed by atoms with van der Waals surface area (Å²) < 4.78 is 5.27. The molecule has 0 atom stereocenters. The van der Waals surface area contributed by atoms with E-state index in [9.17, 15) is 19.6 Å². The molecular weight excluding hydrogens is 390 g/mol. The average molecular weight is 418 g/mol. The highest BCUT2D eigenvalue weighted by molar-refractivity contribution is 7.12. The van der Waals surface area contributed by atoms with Crippen LogP contribution in [0.2, 0.25) is 0 Å². The molecule has 2 fully saturated rings. The number of ether oxygens (including phenoxy) is 1. The Morgan fingerprint density at radius 3 is 2.55 bits per heavy atom. The smallest absolute Gasteiger partial charge is 0.309 e. The first-order chi connectivity index (χ1) is 14.0. The summed E-state index contributed by atoms with van der Waals surface area (Å²) in [7, 11) is 1.62. The highest BCUT2D eigenvalue weighted by atomic mass is 32.1. The summed E-state index contributed by atoms with van der Waals surface area (Å²) in [5.74, 6) is -1.05. The fourth-order valence-electron chi connectivity index (χ4n) is 4.12. The number of carbonyl (C=O) groups is 3. The zero-order valence-electron chi connectivity index (χ0n) is 16.8. The van der Waals surface area contributed by atoms with Crippen molar-refractivity contribution < 1.29 is 19.1 Å². The Morgan fingerprint density at radius 2 is 1.97 bits per heavy atom. The van der Waals surface area contributed by atoms with E-state index in [-0.39, 0.29) is 24.3 Å². The lowest BCUT2D eigenvalue weighted by Crippen LogP contribution is -2.51. The molecule has 1 aliphatic heterocycles. The van der Waals surface area contributed by atoms with E-state index in [4.69, 9.17) is 4.74 Å². The van der Waals surface area contributed by atoms with E-state index in [2.05, 4.69) is 6.07 Å². The second-order valence-corrected chi connectivity index (χ2v) is 8.76. The number of nitriles is 1. The van der Waals surface area contributed by atoms with Crippen molar-refractivity contribution >= 4 is 29.1 Å². The fraction of sp³-hybridized carbons (Fsp3) is 0.619. The van der Waals surface area contributed by atoms with E-state index in [1.165, 1.54) is 16.2 Å². The number of rotatable bonds is 5. The first kappa shape index (κ1) is 21.3. The maximum atomic E-state index is 12.5. The Labute approximate surface area is 175 Å². The van der Waals surface area contributed by atoms with E-state index in [1.54, 1.807) is 18.0 Å². The number of esters is 1. The Hall–Kier alpha value is -2.40. The van der Waals surface area contributed by atoms with Crippen molar-refractivity contribution in [2.24, 2.45) is 5.92 Å². The summed E-state index contributed by atoms with van der Waals surface area (Å²) in [5, 5.41) is 11.5. The van der Waals surface area contributed by atoms with Crippen LogP contribution in [0.1, 0.15) is 54.6 Å². The van der Waals surface area contributed by atoms with Crippen LogP contribution in [-0.4, -0.2) is 59.9 Å². The van der Waals surface area contributed by atoms with Crippen LogP contribution in [0.25, 0.3) is 0 Å². The van der Waals surface area contributed by atoms with Gasteiger partial charge in [-0.05, 0) is 37.1 Å². The number of carbonyl (C=O) groups excluding carboxylic acids is 3. The van der Waals surface area contributed by atoms with Gasteiger partial charge in [0.05, 0.1) is 16.9 Å². The fourth-order valence-corrected chi connectivity index (χ4v) is 4.81. The summed E-state index contributed by atoms with van der Waals surface area (Å²) in [6.07, 6.45) is 5.31. The molecule has 0 radical (unpaired) electrons. The van der Waals surface area contributed by atoms with Crippen molar-refractivity contribution in [1.29, 1.82) is 5.26 Å². The minimum Gasteiger partial charge on any atom is -0.455 e. The largest absolute Gasteiger partial charge is 0.455 e. The predicted molar refractivity (Wildman–Crippen MR) is 108 cm³/mol. The third-order valence-electron chi connectivity index (χ3n) is 6.09. The number of nitrogens with zero attached hydrogens (tertiary/aromatic N) is 3. The van der Waals surface area contributed by atoms with Crippen LogP contribution in [0.4, 0.5) is 0 Å². The van der Waals surface area contributed by atoms with Crippen molar-refractivity contribution in [2.45, 2.75) is 50.5 Å². The van der Waals surface area contributed by atoms with Crippen LogP contribution < -0.4 is 0 Å². The third-order valence-corrected chi connectivity index (χ3v) is 6.95. The van der Waals surface area contributed by atoms with Gasteiger partial charge >= 0.3 is 5.97 Å². The SMILES string of the molecule is CN(C(=O)COC(=O)C1CCN(C(=O)c2cccs2)CC1)C1(C#N)CCCCC1. The minimum atomic E-state index is -0.783. The lowest BCUT2D eigenvalue weighted by Gasteiger charge is -2.39. The Balaban J connectivity index is 1.46. The molecule has 1 saturated carbocycles. The van der Waals surface area contributed by atoms with Gasteiger partial charge in [-0.2, -0.15) is 5.26 Å². The molecule has 2 heterocycles. The van der Waals surface area contributed by atoms with Gasteiger partial charge in [0.25, 0.3) is 11.8 Å². The molecule has 1 aromatic heterocycles. The van der Waals surface area contributed by atoms with Gasteiger partial charge in [-0.3, -0.25) is 14.4 Å². The quantitative estimate of drug-likeness (QED) is 0.687. The first-order valence-electron chi connectivity index (χ1n) is 10.1. The van der Waals surface area contributed by atoms with Gasteiger partial charge in [-0.25, -0.2) is 0 Å². The van der Waals surface area contributed by atoms with E-state index in [1.807, 2.05) is 11.4 Å². The molecule has 0 aromatic carbocycles. The van der Waals surface area contributed by atoms with Crippen LogP contribution >= 0.6 is 11.3 Å². The molecule has 1 aliphatic carbocycles. The number of hydrogen-bond donors (Lipinski definition) is 0. The number of likely N-dealkylation sites (N-methyl/N-ethyl adjacent to an activating group) is 1. The lowest BCUT2D eigenvalue weighted by molar-refractivity contribution is -0.157. The molecule has 8 heteroatoms. The van der Waals surface area contributed by atoms with Gasteiger partial charge in [0.15, 0.2) is 6.61 Å². The Bertz CT molecular complexity index is 772. The van der Waals surface area contributed by atoms with Crippen LogP contribution in [0.3, 0.4) is 0 Å². The molecule has 7 nitrogen and oxygen atoms in total. The molecule has 156 valence electrons. The van der Waals surface area contributed by atoms with Gasteiger partial charge in [-0.15, -0.1) is 11.3 Å². The molecule has 2 aliphatic rings. The topological polar surface area (TPSA) is 90.7 Å². The summed E-state index contributed by atoms with van der Waals surface area (Å²) in [5.41, 5.74) is -0.783. The molecule has 29 heavy (non-hydrogen) atoms. The molecule has 2 amide bonds. The normalized spacial score (nSPS) is 19.2. The first-order valence-corrected chi connectivity index (χ1v) is 11.0. The minimum absolute atomic E-state index is 0.00194. The summed E-state index contributed by atoms with van der Waals surface area (Å²) in [4.78, 5) is 41.2. The number of piperidine rings is 1. The molecule has 0 bridgehead atoms. The van der Waals surface area contributed by atoms with Gasteiger partial charge < -0.3 is 14.5 Å². The predicted octanol–water partition coefficient (Wildman–Crippen LogP) is 2.83. The highest BCUT2D eigenvalue weighted by Crippen LogP contribution is 2.32. The molecule has 1 aromatic rings. The summed E-state index contributed by atoms with van der Waals surface area (Å²) in [6, 6.07) is 5.95. The summed E-state index contributed by atoms with van der Waals surface area (Å²) in [6.45, 7) is 0.664. The third kappa shape index (κ3) is 4.78. The zero-order valence-corrected chi connectivity index (χ0v) is 17.6. The van der Waals surface area contributed by atoms with Crippen molar-refractivity contribution in [3.63, 3.8) is 0 Å². The van der Waals surface area contributed by atoms with E-state index < -0.39 is 11.5 Å². The van der Waals surface area contributed by atoms with E-state index >= 15 is 0 Å². The number of hydrogen-bond acceptors (Lipinski definition) is 6. The molecular formula is C21H27N3O4S. The van der Waals surface area contributed by atoms with E-state index in [0.717, 1.165) is 19.3 Å². The average Bonchev–Trinajstić information content (AvgIpc) is 3.31. The standard InChI is InChI=1S/C21H27N3O4S/c1-23(21(15-22)9-3-2-4-10-21)18(25)14-28-20(27)16-7-11-24(12-8-16)19(26)17-6-5-13-29-17/h5-6,13,16H,2-4,7-12,14H2,1H3. The monoisotopic (exact) mass is 417 g/mol. The lowest BCUT2D eigenvalue weighted by atomic mass is 9.81. The maximum absolute atomic E-state index is 12.5. The van der Waals surface area contributed by atoms with Gasteiger partial charge in [0, 0.05) is 20.1 Å². The van der Waals surface area contributed by atoms with E-state index in [0.29, 0.717) is 43.6 Å². The van der Waals surface area contributed by atoms with Crippen LogP contribution in [0, 0.1) is 17.2 Å². The molecule has 0 unspecified atom stereocenters. The van der Waals surface area contributed by atoms with Crippen molar-refractivity contribution in [3.8, 4) is 6.07 Å². The van der Waals surface area contributed by atoms with Crippen LogP contribution in [-0.2, 0) is 14.3 Å². The van der Waals surface area contributed by atoms with Gasteiger partial charge in [0.1, 0.15) is 5.54 Å². The second kappa shape index (κ2) is 9.40. The van der Waals surface area contributed by atoms with Crippen molar-refractivity contribution in [1.82, 2.24) is 9.80 Å². The van der Waals surface area contributed by atoms with Crippen LogP contribution in [0.15, 0.2) is 17.5 Å². The summed E-state index contributed by atoms with van der Waals surface area (Å²) >= 11 is 1.41. The molecule has 0 spiro atoms. The van der Waals surface area contributed by atoms with Crippen molar-refractivity contribution in [2.75, 3.05) is 26.7 Å². The Kier molecular flexibility index (Phi) is 6.91. The van der Waals surface area contributed by atoms with Crippen molar-refractivity contribution in [3.05, 3.63) is 22.4 Å². The van der Waals surface area contributed by atoms with Gasteiger partial charge in [0.2, 0.25) is 0 Å². The number of amides is 2. The number of thiophene rings is 1. The second-order valence-electron chi connectivity index (χ2n) is 7.81.